The van der Waals surface area contributed by atoms with Crippen LogP contribution in [0.1, 0.15) is 194 Å². The fourth-order valence-electron chi connectivity index (χ4n) is 5.57. The summed E-state index contributed by atoms with van der Waals surface area (Å²) in [5.74, 6) is 0. The van der Waals surface area contributed by atoms with Crippen LogP contribution in [-0.4, -0.2) is 76.3 Å². The van der Waals surface area contributed by atoms with Crippen LogP contribution < -0.4 is 0 Å². The Bertz CT molecular complexity index is 439. The molecule has 2 N–H and O–H groups in total. The lowest BCUT2D eigenvalue weighted by molar-refractivity contribution is 0.00230. The lowest BCUT2D eigenvalue weighted by Crippen LogP contribution is -2.11. The molecule has 46 heavy (non-hydrogen) atoms. The van der Waals surface area contributed by atoms with Gasteiger partial charge in [0.15, 0.2) is 0 Å². The summed E-state index contributed by atoms with van der Waals surface area (Å²) in [7, 11) is 0. The van der Waals surface area contributed by atoms with E-state index in [2.05, 4.69) is 13.8 Å². The Morgan fingerprint density at radius 2 is 0.435 bits per heavy atom. The van der Waals surface area contributed by atoms with Crippen LogP contribution in [0.4, 0.5) is 0 Å². The molecule has 0 amide bonds. The highest BCUT2D eigenvalue weighted by atomic mass is 16.5. The maximum absolute atomic E-state index is 8.36. The number of hydrogen-bond donors (Lipinski definition) is 2. The summed E-state index contributed by atoms with van der Waals surface area (Å²) in [6.45, 7) is 9.36. The quantitative estimate of drug-likeness (QED) is 0.0637. The van der Waals surface area contributed by atoms with Crippen LogP contribution >= 0.6 is 0 Å². The number of aliphatic hydroxyl groups excluding tert-OH is 2. The second-order valence-electron chi connectivity index (χ2n) is 13.1. The van der Waals surface area contributed by atoms with Crippen LogP contribution in [0.3, 0.4) is 0 Å². The monoisotopic (exact) mass is 661 g/mol. The van der Waals surface area contributed by atoms with E-state index in [1.807, 2.05) is 0 Å². The molecule has 0 bridgehead atoms. The summed E-state index contributed by atoms with van der Waals surface area (Å²) in [5, 5.41) is 16.7. The van der Waals surface area contributed by atoms with Crippen molar-refractivity contribution in [3.05, 3.63) is 0 Å². The van der Waals surface area contributed by atoms with Crippen molar-refractivity contribution < 1.29 is 29.2 Å². The molecule has 0 aliphatic rings. The van der Waals surface area contributed by atoms with E-state index in [-0.39, 0.29) is 13.2 Å². The number of unbranched alkanes of at least 4 members (excludes halogenated alkanes) is 26. The Labute approximate surface area is 288 Å². The largest absolute Gasteiger partial charge is 0.394 e. The minimum Gasteiger partial charge on any atom is -0.394 e. The minimum atomic E-state index is 0.0413. The van der Waals surface area contributed by atoms with Gasteiger partial charge in [-0.05, 0) is 12.8 Å². The smallest absolute Gasteiger partial charge is 0.0701 e. The average Bonchev–Trinajstić information content (AvgIpc) is 3.07. The third kappa shape index (κ3) is 50.6. The van der Waals surface area contributed by atoms with Crippen molar-refractivity contribution in [1.82, 2.24) is 0 Å². The Morgan fingerprint density at radius 3 is 0.674 bits per heavy atom. The second kappa shape index (κ2) is 49.2. The SMILES string of the molecule is CCCCCCCCCCCCCCCCOCCCCCCCCCCCCCCCC.OCCOCCOCCOCCO. The molecule has 0 saturated carbocycles. The molecule has 6 nitrogen and oxygen atoms in total. The molecule has 0 aromatic carbocycles. The summed E-state index contributed by atoms with van der Waals surface area (Å²) in [6.07, 6.45) is 40.1. The summed E-state index contributed by atoms with van der Waals surface area (Å²) < 4.78 is 20.9. The number of hydrogen-bond acceptors (Lipinski definition) is 6. The normalized spacial score (nSPS) is 11.2. The van der Waals surface area contributed by atoms with Crippen molar-refractivity contribution in [2.75, 3.05) is 66.1 Å². The topological polar surface area (TPSA) is 77.4 Å². The molecule has 0 atom stereocenters. The summed E-state index contributed by atoms with van der Waals surface area (Å²) in [5.41, 5.74) is 0. The summed E-state index contributed by atoms with van der Waals surface area (Å²) in [6, 6.07) is 0. The third-order valence-electron chi connectivity index (χ3n) is 8.50. The molecule has 0 fully saturated rings. The Balaban J connectivity index is 0. The Morgan fingerprint density at radius 1 is 0.239 bits per heavy atom. The van der Waals surface area contributed by atoms with Crippen LogP contribution in [0, 0.1) is 0 Å². The Kier molecular flexibility index (Phi) is 51.2. The third-order valence-corrected chi connectivity index (χ3v) is 8.50. The van der Waals surface area contributed by atoms with Gasteiger partial charge in [-0.3, -0.25) is 0 Å². The molecular weight excluding hydrogens is 576 g/mol. The molecule has 0 spiro atoms. The van der Waals surface area contributed by atoms with Gasteiger partial charge in [0.25, 0.3) is 0 Å². The molecule has 0 aliphatic carbocycles. The second-order valence-corrected chi connectivity index (χ2v) is 13.1. The summed E-state index contributed by atoms with van der Waals surface area (Å²) in [4.78, 5) is 0. The van der Waals surface area contributed by atoms with Gasteiger partial charge in [-0.2, -0.15) is 0 Å². The molecule has 0 radical (unpaired) electrons. The van der Waals surface area contributed by atoms with Gasteiger partial charge in [0, 0.05) is 13.2 Å². The van der Waals surface area contributed by atoms with Crippen molar-refractivity contribution in [3.8, 4) is 0 Å². The van der Waals surface area contributed by atoms with E-state index in [0.29, 0.717) is 39.6 Å². The van der Waals surface area contributed by atoms with Gasteiger partial charge in [-0.25, -0.2) is 0 Å². The van der Waals surface area contributed by atoms with Gasteiger partial charge in [-0.1, -0.05) is 181 Å². The molecule has 0 saturated heterocycles. The molecule has 0 aromatic heterocycles. The highest BCUT2D eigenvalue weighted by Crippen LogP contribution is 2.14. The van der Waals surface area contributed by atoms with Crippen LogP contribution in [0.25, 0.3) is 0 Å². The number of ether oxygens (including phenoxy) is 4. The number of aliphatic hydroxyl groups is 2. The van der Waals surface area contributed by atoms with E-state index in [0.717, 1.165) is 13.2 Å². The van der Waals surface area contributed by atoms with Gasteiger partial charge < -0.3 is 29.2 Å². The molecular formula is C40H84O6. The molecule has 0 rings (SSSR count). The standard InChI is InChI=1S/C32H66O.C8H18O5/c1-3-5-7-9-11-13-15-17-19-21-23-25-27-29-31-33-32-30-28-26-24-22-20-18-16-14-12-10-8-6-4-2;9-1-3-11-5-7-13-8-6-12-4-2-10/h3-32H2,1-2H3;9-10H,1-8H2. The zero-order chi connectivity index (χ0) is 33.7. The van der Waals surface area contributed by atoms with Crippen molar-refractivity contribution in [3.63, 3.8) is 0 Å². The first kappa shape index (κ1) is 47.9. The van der Waals surface area contributed by atoms with E-state index >= 15 is 0 Å². The molecule has 6 heteroatoms. The minimum absolute atomic E-state index is 0.0413. The van der Waals surface area contributed by atoms with Crippen LogP contribution in [-0.2, 0) is 18.9 Å². The van der Waals surface area contributed by atoms with E-state index in [4.69, 9.17) is 29.2 Å². The number of rotatable bonds is 40. The van der Waals surface area contributed by atoms with Crippen LogP contribution in [0.2, 0.25) is 0 Å². The zero-order valence-electron chi connectivity index (χ0n) is 31.4. The van der Waals surface area contributed by atoms with Gasteiger partial charge >= 0.3 is 0 Å². The first-order valence-electron chi connectivity index (χ1n) is 20.4. The highest BCUT2D eigenvalue weighted by molar-refractivity contribution is 4.51. The van der Waals surface area contributed by atoms with Crippen molar-refractivity contribution in [2.24, 2.45) is 0 Å². The zero-order valence-corrected chi connectivity index (χ0v) is 31.4. The first-order valence-corrected chi connectivity index (χ1v) is 20.4. The molecule has 280 valence electrons. The predicted molar refractivity (Wildman–Crippen MR) is 198 cm³/mol. The van der Waals surface area contributed by atoms with E-state index < -0.39 is 0 Å². The fourth-order valence-corrected chi connectivity index (χ4v) is 5.57. The average molecular weight is 661 g/mol. The molecule has 0 aliphatic heterocycles. The summed E-state index contributed by atoms with van der Waals surface area (Å²) >= 11 is 0. The van der Waals surface area contributed by atoms with E-state index in [9.17, 15) is 0 Å². The maximum atomic E-state index is 8.36. The van der Waals surface area contributed by atoms with Gasteiger partial charge in [0.05, 0.1) is 52.9 Å². The van der Waals surface area contributed by atoms with E-state index in [1.165, 1.54) is 180 Å². The van der Waals surface area contributed by atoms with Crippen molar-refractivity contribution >= 4 is 0 Å². The van der Waals surface area contributed by atoms with Crippen molar-refractivity contribution in [1.29, 1.82) is 0 Å². The lowest BCUT2D eigenvalue weighted by atomic mass is 10.0. The van der Waals surface area contributed by atoms with Crippen molar-refractivity contribution in [2.45, 2.75) is 194 Å². The van der Waals surface area contributed by atoms with Gasteiger partial charge in [0.1, 0.15) is 0 Å². The highest BCUT2D eigenvalue weighted by Gasteiger charge is 1.97. The fraction of sp³-hybridized carbons (Fsp3) is 1.00. The Hall–Kier alpha value is -0.240. The van der Waals surface area contributed by atoms with Gasteiger partial charge in [-0.15, -0.1) is 0 Å². The van der Waals surface area contributed by atoms with E-state index in [1.54, 1.807) is 0 Å². The molecule has 0 heterocycles. The first-order chi connectivity index (χ1) is 22.8. The predicted octanol–water partition coefficient (Wildman–Crippen LogP) is 11.0. The van der Waals surface area contributed by atoms with Gasteiger partial charge in [0.2, 0.25) is 0 Å². The van der Waals surface area contributed by atoms with Crippen LogP contribution in [0.5, 0.6) is 0 Å². The molecule has 0 unspecified atom stereocenters. The van der Waals surface area contributed by atoms with Crippen LogP contribution in [0.15, 0.2) is 0 Å². The maximum Gasteiger partial charge on any atom is 0.0701 e. The molecule has 0 aromatic rings. The lowest BCUT2D eigenvalue weighted by Gasteiger charge is -2.05.